The Morgan fingerprint density at radius 3 is 2.95 bits per heavy atom. The van der Waals surface area contributed by atoms with Gasteiger partial charge in [-0.05, 0) is 13.8 Å². The number of nitrogens with one attached hydrogen (secondary N) is 2. The van der Waals surface area contributed by atoms with E-state index in [0.717, 1.165) is 6.20 Å². The Bertz CT molecular complexity index is 585. The van der Waals surface area contributed by atoms with Crippen molar-refractivity contribution >= 4 is 16.0 Å². The van der Waals surface area contributed by atoms with Gasteiger partial charge in [0.15, 0.2) is 5.03 Å². The fourth-order valence-electron chi connectivity index (χ4n) is 1.38. The molecule has 0 fully saturated rings. The minimum absolute atomic E-state index is 0.137. The second-order valence-corrected chi connectivity index (χ2v) is 5.41. The molecule has 8 heteroatoms. The van der Waals surface area contributed by atoms with Crippen molar-refractivity contribution in [1.29, 1.82) is 0 Å². The maximum absolute atomic E-state index is 12.0. The summed E-state index contributed by atoms with van der Waals surface area (Å²) in [5.74, 6) is 1.60. The minimum Gasteiger partial charge on any atom is -0.462 e. The molecule has 7 nitrogen and oxygen atoms in total. The van der Waals surface area contributed by atoms with Crippen molar-refractivity contribution in [2.45, 2.75) is 31.3 Å². The summed E-state index contributed by atoms with van der Waals surface area (Å²) in [6, 6.07) is -0.451. The van der Waals surface area contributed by atoms with E-state index in [4.69, 9.17) is 11.2 Å². The van der Waals surface area contributed by atoms with E-state index in [-0.39, 0.29) is 23.6 Å². The van der Waals surface area contributed by atoms with Crippen molar-refractivity contribution in [3.63, 3.8) is 0 Å². The fourth-order valence-corrected chi connectivity index (χ4v) is 2.70. The van der Waals surface area contributed by atoms with E-state index >= 15 is 0 Å². The molecule has 2 N–H and O–H groups in total. The van der Waals surface area contributed by atoms with Crippen molar-refractivity contribution in [2.75, 3.05) is 6.61 Å². The quantitative estimate of drug-likeness (QED) is 0.577. The van der Waals surface area contributed by atoms with E-state index < -0.39 is 22.0 Å². The third kappa shape index (κ3) is 3.81. The van der Waals surface area contributed by atoms with E-state index in [9.17, 15) is 13.2 Å². The van der Waals surface area contributed by atoms with Crippen LogP contribution in [0.4, 0.5) is 0 Å². The second-order valence-electron chi connectivity index (χ2n) is 3.76. The maximum Gasteiger partial charge on any atom is 0.342 e. The van der Waals surface area contributed by atoms with Gasteiger partial charge in [-0.3, -0.25) is 5.10 Å². The molecule has 0 radical (unpaired) electrons. The lowest BCUT2D eigenvalue weighted by Gasteiger charge is -2.11. The van der Waals surface area contributed by atoms with Gasteiger partial charge >= 0.3 is 5.97 Å². The number of carbonyl (C=O) groups excluding carboxylic acids is 1. The molecular weight excluding hydrogens is 270 g/mol. The maximum atomic E-state index is 12.0. The molecule has 1 aromatic heterocycles. The first-order valence-electron chi connectivity index (χ1n) is 5.58. The van der Waals surface area contributed by atoms with Crippen LogP contribution >= 0.6 is 0 Å². The highest BCUT2D eigenvalue weighted by Crippen LogP contribution is 2.13. The zero-order valence-corrected chi connectivity index (χ0v) is 11.5. The van der Waals surface area contributed by atoms with Crippen LogP contribution < -0.4 is 4.72 Å². The third-order valence-electron chi connectivity index (χ3n) is 2.15. The molecule has 1 heterocycles. The van der Waals surface area contributed by atoms with Gasteiger partial charge in [-0.15, -0.1) is 12.3 Å². The number of rotatable bonds is 6. The Balaban J connectivity index is 3.00. The van der Waals surface area contributed by atoms with Crippen LogP contribution in [-0.2, 0) is 14.8 Å². The number of carbonyl (C=O) groups is 1. The molecule has 0 spiro atoms. The SMILES string of the molecule is C#CCC(C)NS(=O)(=O)c1[nH]ncc1C(=O)OCC. The topological polar surface area (TPSA) is 101 Å². The molecule has 104 valence electrons. The number of nitrogens with zero attached hydrogens (tertiary/aromatic N) is 1. The van der Waals surface area contributed by atoms with Crippen LogP contribution in [-0.4, -0.2) is 37.2 Å². The summed E-state index contributed by atoms with van der Waals surface area (Å²) in [7, 11) is -3.90. The molecule has 1 unspecified atom stereocenters. The zero-order chi connectivity index (χ0) is 14.5. The van der Waals surface area contributed by atoms with E-state index in [2.05, 4.69) is 20.8 Å². The van der Waals surface area contributed by atoms with Crippen LogP contribution in [0.1, 0.15) is 30.6 Å². The van der Waals surface area contributed by atoms with Crippen molar-refractivity contribution in [2.24, 2.45) is 0 Å². The summed E-state index contributed by atoms with van der Waals surface area (Å²) in [6.45, 7) is 3.39. The minimum atomic E-state index is -3.90. The number of esters is 1. The molecule has 1 atom stereocenters. The zero-order valence-electron chi connectivity index (χ0n) is 10.6. The van der Waals surface area contributed by atoms with E-state index in [0.29, 0.717) is 0 Å². The molecule has 0 bridgehead atoms. The molecule has 0 aliphatic heterocycles. The van der Waals surface area contributed by atoms with E-state index in [1.54, 1.807) is 13.8 Å². The normalized spacial score (nSPS) is 12.7. The molecule has 0 saturated carbocycles. The predicted molar refractivity (Wildman–Crippen MR) is 67.8 cm³/mol. The Morgan fingerprint density at radius 1 is 1.68 bits per heavy atom. The number of hydrogen-bond acceptors (Lipinski definition) is 5. The van der Waals surface area contributed by atoms with Gasteiger partial charge in [-0.2, -0.15) is 5.10 Å². The molecule has 1 rings (SSSR count). The number of hydrogen-bond donors (Lipinski definition) is 2. The second kappa shape index (κ2) is 6.36. The van der Waals surface area contributed by atoms with Crippen LogP contribution in [0.15, 0.2) is 11.2 Å². The largest absolute Gasteiger partial charge is 0.462 e. The number of aromatic amines is 1. The molecule has 0 amide bonds. The van der Waals surface area contributed by atoms with Gasteiger partial charge in [0.1, 0.15) is 5.56 Å². The first kappa shape index (κ1) is 15.2. The van der Waals surface area contributed by atoms with Crippen LogP contribution in [0, 0.1) is 12.3 Å². The van der Waals surface area contributed by atoms with Gasteiger partial charge in [0.05, 0.1) is 12.8 Å². The average Bonchev–Trinajstić information content (AvgIpc) is 2.78. The number of ether oxygens (including phenoxy) is 1. The van der Waals surface area contributed by atoms with Gasteiger partial charge in [0.25, 0.3) is 10.0 Å². The van der Waals surface area contributed by atoms with E-state index in [1.807, 2.05) is 0 Å². The Kier molecular flexibility index (Phi) is 5.09. The molecule has 0 aliphatic rings. The molecule has 0 aliphatic carbocycles. The van der Waals surface area contributed by atoms with Gasteiger partial charge in [0, 0.05) is 12.5 Å². The van der Waals surface area contributed by atoms with Crippen molar-refractivity contribution in [1.82, 2.24) is 14.9 Å². The van der Waals surface area contributed by atoms with Crippen molar-refractivity contribution in [3.8, 4) is 12.3 Å². The van der Waals surface area contributed by atoms with Crippen LogP contribution in [0.5, 0.6) is 0 Å². The lowest BCUT2D eigenvalue weighted by molar-refractivity contribution is 0.0522. The highest BCUT2D eigenvalue weighted by atomic mass is 32.2. The molecule has 0 saturated heterocycles. The molecular formula is C11H15N3O4S. The predicted octanol–water partition coefficient (Wildman–Crippen LogP) is 0.276. The van der Waals surface area contributed by atoms with Gasteiger partial charge < -0.3 is 4.74 Å². The van der Waals surface area contributed by atoms with Gasteiger partial charge in [0.2, 0.25) is 0 Å². The van der Waals surface area contributed by atoms with Crippen molar-refractivity contribution < 1.29 is 17.9 Å². The van der Waals surface area contributed by atoms with Crippen LogP contribution in [0.2, 0.25) is 0 Å². The Morgan fingerprint density at radius 2 is 2.37 bits per heavy atom. The summed E-state index contributed by atoms with van der Waals surface area (Å²) in [4.78, 5) is 11.6. The summed E-state index contributed by atoms with van der Waals surface area (Å²) in [5, 5.41) is 5.52. The lowest BCUT2D eigenvalue weighted by Crippen LogP contribution is -2.33. The highest BCUT2D eigenvalue weighted by molar-refractivity contribution is 7.89. The smallest absolute Gasteiger partial charge is 0.342 e. The molecule has 1 aromatic rings. The monoisotopic (exact) mass is 285 g/mol. The first-order chi connectivity index (χ1) is 8.92. The fraction of sp³-hybridized carbons (Fsp3) is 0.455. The number of sulfonamides is 1. The molecule has 19 heavy (non-hydrogen) atoms. The number of aromatic nitrogens is 2. The first-order valence-corrected chi connectivity index (χ1v) is 7.07. The average molecular weight is 285 g/mol. The summed E-state index contributed by atoms with van der Waals surface area (Å²) in [6.07, 6.45) is 6.45. The summed E-state index contributed by atoms with van der Waals surface area (Å²) < 4.78 is 31.2. The van der Waals surface area contributed by atoms with Crippen LogP contribution in [0.25, 0.3) is 0 Å². The summed E-state index contributed by atoms with van der Waals surface area (Å²) in [5.41, 5.74) is -0.137. The standard InChI is InChI=1S/C11H15N3O4S/c1-4-6-8(3)14-19(16,17)10-9(7-12-13-10)11(15)18-5-2/h1,7-8,14H,5-6H2,2-3H3,(H,12,13). The van der Waals surface area contributed by atoms with Crippen LogP contribution in [0.3, 0.4) is 0 Å². The number of H-pyrrole nitrogens is 1. The highest BCUT2D eigenvalue weighted by Gasteiger charge is 2.26. The Labute approximate surface area is 111 Å². The van der Waals surface area contributed by atoms with Crippen molar-refractivity contribution in [3.05, 3.63) is 11.8 Å². The van der Waals surface area contributed by atoms with E-state index in [1.165, 1.54) is 0 Å². The summed E-state index contributed by atoms with van der Waals surface area (Å²) >= 11 is 0. The molecule has 0 aromatic carbocycles. The lowest BCUT2D eigenvalue weighted by atomic mass is 10.3. The van der Waals surface area contributed by atoms with Gasteiger partial charge in [-0.25, -0.2) is 17.9 Å². The number of terminal acetylenes is 1. The van der Waals surface area contributed by atoms with Gasteiger partial charge in [-0.1, -0.05) is 0 Å². The third-order valence-corrected chi connectivity index (χ3v) is 3.71. The Hall–Kier alpha value is -1.85.